The third-order valence-electron chi connectivity index (χ3n) is 2.74. The van der Waals surface area contributed by atoms with E-state index in [0.717, 1.165) is 0 Å². The number of sulfone groups is 1. The molecular formula is C15H12Cl2O2S. The Morgan fingerprint density at radius 3 is 2.10 bits per heavy atom. The van der Waals surface area contributed by atoms with Crippen molar-refractivity contribution in [3.8, 4) is 0 Å². The minimum absolute atomic E-state index is 0.173. The van der Waals surface area contributed by atoms with Crippen LogP contribution in [0, 0.1) is 0 Å². The van der Waals surface area contributed by atoms with Crippen LogP contribution in [-0.4, -0.2) is 14.2 Å². The highest BCUT2D eigenvalue weighted by Crippen LogP contribution is 2.25. The summed E-state index contributed by atoms with van der Waals surface area (Å²) in [5.74, 6) is -0.173. The number of benzene rings is 2. The Hall–Kier alpha value is -1.29. The summed E-state index contributed by atoms with van der Waals surface area (Å²) in [6, 6.07) is 13.2. The molecule has 0 unspecified atom stereocenters. The Bertz CT molecular complexity index is 717. The van der Waals surface area contributed by atoms with E-state index in [1.807, 2.05) is 0 Å². The van der Waals surface area contributed by atoms with Crippen LogP contribution in [0.15, 0.2) is 60.0 Å². The molecule has 0 aliphatic rings. The second kappa shape index (κ2) is 6.00. The van der Waals surface area contributed by atoms with Gasteiger partial charge in [0.15, 0.2) is 9.84 Å². The van der Waals surface area contributed by atoms with Crippen molar-refractivity contribution in [3.63, 3.8) is 0 Å². The second-order valence-electron chi connectivity index (χ2n) is 4.33. The van der Waals surface area contributed by atoms with Gasteiger partial charge in [-0.15, -0.1) is 0 Å². The van der Waals surface area contributed by atoms with Gasteiger partial charge in [0.25, 0.3) is 0 Å². The number of rotatable bonds is 4. The molecule has 0 aliphatic heterocycles. The van der Waals surface area contributed by atoms with Gasteiger partial charge in [-0.1, -0.05) is 48.0 Å². The van der Waals surface area contributed by atoms with Crippen LogP contribution in [0.2, 0.25) is 10.0 Å². The molecular weight excluding hydrogens is 315 g/mol. The summed E-state index contributed by atoms with van der Waals surface area (Å²) in [5, 5.41) is 0.900. The SMILES string of the molecule is C=C(CS(=O)(=O)c1ccccc1)c1cc(Cl)cc(Cl)c1. The van der Waals surface area contributed by atoms with Crippen LogP contribution in [0.1, 0.15) is 5.56 Å². The highest BCUT2D eigenvalue weighted by molar-refractivity contribution is 7.91. The molecule has 0 atom stereocenters. The van der Waals surface area contributed by atoms with Crippen LogP contribution >= 0.6 is 23.2 Å². The van der Waals surface area contributed by atoms with Crippen molar-refractivity contribution in [3.05, 3.63) is 70.7 Å². The van der Waals surface area contributed by atoms with E-state index in [0.29, 0.717) is 21.2 Å². The van der Waals surface area contributed by atoms with E-state index >= 15 is 0 Å². The summed E-state index contributed by atoms with van der Waals surface area (Å²) in [4.78, 5) is 0.272. The monoisotopic (exact) mass is 326 g/mol. The molecule has 0 heterocycles. The molecule has 0 amide bonds. The van der Waals surface area contributed by atoms with Gasteiger partial charge in [-0.25, -0.2) is 8.42 Å². The Morgan fingerprint density at radius 1 is 1.00 bits per heavy atom. The number of hydrogen-bond donors (Lipinski definition) is 0. The number of hydrogen-bond acceptors (Lipinski definition) is 2. The number of halogens is 2. The summed E-state index contributed by atoms with van der Waals surface area (Å²) in [6.45, 7) is 3.82. The van der Waals surface area contributed by atoms with E-state index in [1.165, 1.54) is 0 Å². The molecule has 0 aliphatic carbocycles. The minimum atomic E-state index is -3.42. The van der Waals surface area contributed by atoms with Crippen molar-refractivity contribution < 1.29 is 8.42 Å². The van der Waals surface area contributed by atoms with Gasteiger partial charge < -0.3 is 0 Å². The van der Waals surface area contributed by atoms with Crippen LogP contribution in [0.3, 0.4) is 0 Å². The molecule has 0 bridgehead atoms. The minimum Gasteiger partial charge on any atom is -0.223 e. The first-order valence-electron chi connectivity index (χ1n) is 5.80. The van der Waals surface area contributed by atoms with E-state index in [2.05, 4.69) is 6.58 Å². The van der Waals surface area contributed by atoms with Crippen LogP contribution in [-0.2, 0) is 9.84 Å². The Labute approximate surface area is 128 Å². The summed E-state index contributed by atoms with van der Waals surface area (Å²) in [6.07, 6.45) is 0. The van der Waals surface area contributed by atoms with E-state index in [-0.39, 0.29) is 10.6 Å². The molecule has 0 radical (unpaired) electrons. The lowest BCUT2D eigenvalue weighted by Gasteiger charge is -2.08. The fraction of sp³-hybridized carbons (Fsp3) is 0.0667. The summed E-state index contributed by atoms with van der Waals surface area (Å²) >= 11 is 11.8. The van der Waals surface area contributed by atoms with Crippen molar-refractivity contribution in [2.24, 2.45) is 0 Å². The van der Waals surface area contributed by atoms with Gasteiger partial charge in [-0.05, 0) is 41.5 Å². The first-order valence-corrected chi connectivity index (χ1v) is 8.21. The smallest absolute Gasteiger partial charge is 0.182 e. The van der Waals surface area contributed by atoms with Gasteiger partial charge in [0, 0.05) is 10.0 Å². The van der Waals surface area contributed by atoms with Crippen molar-refractivity contribution >= 4 is 38.6 Å². The molecule has 2 aromatic carbocycles. The van der Waals surface area contributed by atoms with Crippen molar-refractivity contribution in [2.75, 3.05) is 5.75 Å². The largest absolute Gasteiger partial charge is 0.223 e. The van der Waals surface area contributed by atoms with Gasteiger partial charge in [0.2, 0.25) is 0 Å². The normalized spacial score (nSPS) is 11.3. The topological polar surface area (TPSA) is 34.1 Å². The van der Waals surface area contributed by atoms with Crippen molar-refractivity contribution in [1.29, 1.82) is 0 Å². The lowest BCUT2D eigenvalue weighted by Crippen LogP contribution is -2.08. The van der Waals surface area contributed by atoms with Crippen molar-refractivity contribution in [1.82, 2.24) is 0 Å². The molecule has 104 valence electrons. The maximum atomic E-state index is 12.3. The van der Waals surface area contributed by atoms with Gasteiger partial charge in [-0.2, -0.15) is 0 Å². The second-order valence-corrected chi connectivity index (χ2v) is 7.20. The third kappa shape index (κ3) is 3.63. The van der Waals surface area contributed by atoms with Crippen LogP contribution in [0.25, 0.3) is 5.57 Å². The predicted molar refractivity (Wildman–Crippen MR) is 84.0 cm³/mol. The molecule has 0 fully saturated rings. The fourth-order valence-electron chi connectivity index (χ4n) is 1.78. The summed E-state index contributed by atoms with van der Waals surface area (Å²) in [7, 11) is -3.42. The zero-order chi connectivity index (χ0) is 14.8. The Morgan fingerprint density at radius 2 is 1.55 bits per heavy atom. The van der Waals surface area contributed by atoms with E-state index in [1.54, 1.807) is 48.5 Å². The Kier molecular flexibility index (Phi) is 4.53. The standard InChI is InChI=1S/C15H12Cl2O2S/c1-11(12-7-13(16)9-14(17)8-12)10-20(18,19)15-5-3-2-4-6-15/h2-9H,1,10H2. The molecule has 5 heteroatoms. The molecule has 0 spiro atoms. The average molecular weight is 327 g/mol. The highest BCUT2D eigenvalue weighted by Gasteiger charge is 2.16. The Balaban J connectivity index is 2.28. The molecule has 2 rings (SSSR count). The van der Waals surface area contributed by atoms with Crippen LogP contribution in [0.4, 0.5) is 0 Å². The van der Waals surface area contributed by atoms with Crippen molar-refractivity contribution in [2.45, 2.75) is 4.90 Å². The van der Waals surface area contributed by atoms with Gasteiger partial charge in [0.1, 0.15) is 0 Å². The predicted octanol–water partition coefficient (Wildman–Crippen LogP) is 4.48. The molecule has 2 aromatic rings. The van der Waals surface area contributed by atoms with E-state index in [4.69, 9.17) is 23.2 Å². The fourth-order valence-corrected chi connectivity index (χ4v) is 3.67. The first-order chi connectivity index (χ1) is 9.38. The molecule has 20 heavy (non-hydrogen) atoms. The zero-order valence-corrected chi connectivity index (χ0v) is 12.8. The van der Waals surface area contributed by atoms with E-state index in [9.17, 15) is 8.42 Å². The quantitative estimate of drug-likeness (QED) is 0.830. The maximum absolute atomic E-state index is 12.3. The van der Waals surface area contributed by atoms with E-state index < -0.39 is 9.84 Å². The molecule has 2 nitrogen and oxygen atoms in total. The molecule has 0 saturated carbocycles. The summed E-state index contributed by atoms with van der Waals surface area (Å²) < 4.78 is 24.5. The molecule has 0 saturated heterocycles. The molecule has 0 aromatic heterocycles. The van der Waals surface area contributed by atoms with Crippen LogP contribution < -0.4 is 0 Å². The lowest BCUT2D eigenvalue weighted by atomic mass is 10.1. The zero-order valence-electron chi connectivity index (χ0n) is 10.5. The maximum Gasteiger partial charge on any atom is 0.182 e. The lowest BCUT2D eigenvalue weighted by molar-refractivity contribution is 0.599. The highest BCUT2D eigenvalue weighted by atomic mass is 35.5. The molecule has 0 N–H and O–H groups in total. The average Bonchev–Trinajstić information content (AvgIpc) is 2.38. The van der Waals surface area contributed by atoms with Gasteiger partial charge in [-0.3, -0.25) is 0 Å². The summed E-state index contributed by atoms with van der Waals surface area (Å²) in [5.41, 5.74) is 1.08. The third-order valence-corrected chi connectivity index (χ3v) is 4.89. The van der Waals surface area contributed by atoms with Gasteiger partial charge >= 0.3 is 0 Å². The van der Waals surface area contributed by atoms with Gasteiger partial charge in [0.05, 0.1) is 10.6 Å². The first kappa shape index (κ1) is 15.1. The van der Waals surface area contributed by atoms with Crippen LogP contribution in [0.5, 0.6) is 0 Å².